The number of alkyl halides is 2. The minimum absolute atomic E-state index is 0.271. The Morgan fingerprint density at radius 3 is 2.53 bits per heavy atom. The summed E-state index contributed by atoms with van der Waals surface area (Å²) in [6.07, 6.45) is 9.19. The molecular formula is C24H35F2N3O. The molecule has 1 aromatic heterocycles. The smallest absolute Gasteiger partial charge is 0.266 e. The van der Waals surface area contributed by atoms with Crippen LogP contribution in [0.3, 0.4) is 0 Å². The van der Waals surface area contributed by atoms with Crippen LogP contribution in [0.15, 0.2) is 24.5 Å². The van der Waals surface area contributed by atoms with Crippen LogP contribution in [0.4, 0.5) is 8.78 Å². The van der Waals surface area contributed by atoms with Crippen molar-refractivity contribution < 1.29 is 13.9 Å². The van der Waals surface area contributed by atoms with Gasteiger partial charge in [0.2, 0.25) is 0 Å². The highest BCUT2D eigenvalue weighted by Crippen LogP contribution is 2.65. The zero-order chi connectivity index (χ0) is 21.1. The highest BCUT2D eigenvalue weighted by Gasteiger charge is 2.58. The second-order valence-electron chi connectivity index (χ2n) is 11.0. The highest BCUT2D eigenvalue weighted by molar-refractivity contribution is 5.15. The van der Waals surface area contributed by atoms with Crippen LogP contribution in [0, 0.1) is 40.9 Å². The van der Waals surface area contributed by atoms with Crippen molar-refractivity contribution in [1.82, 2.24) is 15.0 Å². The molecule has 0 amide bonds. The molecule has 166 valence electrons. The predicted octanol–water partition coefficient (Wildman–Crippen LogP) is 5.10. The Balaban J connectivity index is 1.30. The van der Waals surface area contributed by atoms with Crippen LogP contribution in [-0.2, 0) is 6.54 Å². The maximum absolute atomic E-state index is 13.4. The van der Waals surface area contributed by atoms with Crippen LogP contribution in [0.2, 0.25) is 0 Å². The number of allylic oxidation sites excluding steroid dienone is 1. The minimum atomic E-state index is -2.61. The molecule has 6 heteroatoms. The molecule has 4 aliphatic carbocycles. The fourth-order valence-electron chi connectivity index (χ4n) is 8.40. The third kappa shape index (κ3) is 3.16. The zero-order valence-corrected chi connectivity index (χ0v) is 18.0. The summed E-state index contributed by atoms with van der Waals surface area (Å²) in [6.45, 7) is 7.63. The molecule has 4 saturated carbocycles. The van der Waals surface area contributed by atoms with Crippen molar-refractivity contribution in [3.8, 4) is 0 Å². The van der Waals surface area contributed by atoms with E-state index in [9.17, 15) is 13.9 Å². The van der Waals surface area contributed by atoms with Crippen molar-refractivity contribution >= 4 is 0 Å². The van der Waals surface area contributed by atoms with Crippen molar-refractivity contribution in [1.29, 1.82) is 0 Å². The molecule has 4 fully saturated rings. The number of nitrogens with zero attached hydrogens (tertiary/aromatic N) is 3. The van der Waals surface area contributed by atoms with Gasteiger partial charge in [-0.2, -0.15) is 15.0 Å². The summed E-state index contributed by atoms with van der Waals surface area (Å²) in [5, 5.41) is 18.9. The third-order valence-electron chi connectivity index (χ3n) is 9.76. The van der Waals surface area contributed by atoms with Crippen LogP contribution >= 0.6 is 0 Å². The fourth-order valence-corrected chi connectivity index (χ4v) is 8.40. The number of aromatic nitrogens is 3. The summed E-state index contributed by atoms with van der Waals surface area (Å²) in [7, 11) is 0. The molecule has 0 spiro atoms. The van der Waals surface area contributed by atoms with E-state index in [4.69, 9.17) is 0 Å². The molecular weight excluding hydrogens is 384 g/mol. The Bertz CT molecular complexity index is 783. The second-order valence-corrected chi connectivity index (χ2v) is 11.0. The maximum atomic E-state index is 13.4. The lowest BCUT2D eigenvalue weighted by atomic mass is 9.48. The first-order valence-corrected chi connectivity index (χ1v) is 11.8. The van der Waals surface area contributed by atoms with E-state index >= 15 is 0 Å². The molecule has 8 atom stereocenters. The third-order valence-corrected chi connectivity index (χ3v) is 9.76. The predicted molar refractivity (Wildman–Crippen MR) is 111 cm³/mol. The van der Waals surface area contributed by atoms with E-state index in [-0.39, 0.29) is 17.8 Å². The SMILES string of the molecule is C=C(Cn1nccn1)[C@H]1CC[C@H]2[C@@H]3CC[C@@H]4C[C@@](O)(C(F)F)CC[C@@H]4[C@H]3CC[C@]12C. The van der Waals surface area contributed by atoms with Crippen LogP contribution in [0.1, 0.15) is 64.7 Å². The number of hydrogen-bond acceptors (Lipinski definition) is 3. The van der Waals surface area contributed by atoms with Crippen molar-refractivity contribution in [2.75, 3.05) is 0 Å². The van der Waals surface area contributed by atoms with Gasteiger partial charge >= 0.3 is 0 Å². The number of aliphatic hydroxyl groups is 1. The summed E-state index contributed by atoms with van der Waals surface area (Å²) in [6, 6.07) is 0. The van der Waals surface area contributed by atoms with Gasteiger partial charge in [-0.15, -0.1) is 0 Å². The summed E-state index contributed by atoms with van der Waals surface area (Å²) in [5.41, 5.74) is -0.201. The standard InChI is InChI=1S/C24H35F2N3O/c1-15(14-29-27-11-12-28-29)20-5-6-21-19-4-3-16-13-24(30,22(25)26)10-8-17(16)18(19)7-9-23(20,21)2/h11-12,16-22,30H,1,3-10,13-14H2,2H3/t16-,17+,18-,19-,20-,21+,23-,24-/m1/s1. The molecule has 0 unspecified atom stereocenters. The first kappa shape index (κ1) is 20.6. The Kier molecular flexibility index (Phi) is 5.07. The lowest BCUT2D eigenvalue weighted by molar-refractivity contribution is -0.159. The molecule has 0 aliphatic heterocycles. The first-order chi connectivity index (χ1) is 14.3. The molecule has 4 nitrogen and oxygen atoms in total. The fraction of sp³-hybridized carbons (Fsp3) is 0.833. The van der Waals surface area contributed by atoms with Crippen LogP contribution in [0.25, 0.3) is 0 Å². The molecule has 5 rings (SSSR count). The molecule has 30 heavy (non-hydrogen) atoms. The Labute approximate surface area is 178 Å². The Hall–Kier alpha value is -1.30. The van der Waals surface area contributed by atoms with E-state index in [2.05, 4.69) is 23.7 Å². The van der Waals surface area contributed by atoms with E-state index in [0.29, 0.717) is 42.6 Å². The number of hydrogen-bond donors (Lipinski definition) is 1. The van der Waals surface area contributed by atoms with E-state index in [1.165, 1.54) is 31.3 Å². The Morgan fingerprint density at radius 2 is 1.80 bits per heavy atom. The minimum Gasteiger partial charge on any atom is -0.384 e. The maximum Gasteiger partial charge on any atom is 0.266 e. The van der Waals surface area contributed by atoms with Crippen molar-refractivity contribution in [3.05, 3.63) is 24.5 Å². The number of fused-ring (bicyclic) bond motifs is 5. The molecule has 4 aliphatic rings. The lowest BCUT2D eigenvalue weighted by Crippen LogP contribution is -2.52. The van der Waals surface area contributed by atoms with Gasteiger partial charge in [0.25, 0.3) is 6.43 Å². The van der Waals surface area contributed by atoms with Gasteiger partial charge in [-0.1, -0.05) is 19.1 Å². The molecule has 0 saturated heterocycles. The molecule has 1 heterocycles. The molecule has 1 N–H and O–H groups in total. The van der Waals surface area contributed by atoms with E-state index < -0.39 is 12.0 Å². The summed E-state index contributed by atoms with van der Waals surface area (Å²) >= 11 is 0. The van der Waals surface area contributed by atoms with Gasteiger partial charge in [0.05, 0.1) is 18.9 Å². The topological polar surface area (TPSA) is 50.9 Å². The monoisotopic (exact) mass is 419 g/mol. The van der Waals surface area contributed by atoms with E-state index in [0.717, 1.165) is 19.3 Å². The van der Waals surface area contributed by atoms with Gasteiger partial charge in [-0.3, -0.25) is 0 Å². The van der Waals surface area contributed by atoms with Gasteiger partial charge in [0.15, 0.2) is 0 Å². The summed E-state index contributed by atoms with van der Waals surface area (Å²) in [5.74, 6) is 3.40. The van der Waals surface area contributed by atoms with Gasteiger partial charge in [-0.05, 0) is 98.7 Å². The van der Waals surface area contributed by atoms with Crippen molar-refractivity contribution in [2.24, 2.45) is 40.9 Å². The largest absolute Gasteiger partial charge is 0.384 e. The van der Waals surface area contributed by atoms with Crippen LogP contribution in [-0.4, -0.2) is 32.1 Å². The van der Waals surface area contributed by atoms with Gasteiger partial charge < -0.3 is 5.11 Å². The molecule has 0 bridgehead atoms. The van der Waals surface area contributed by atoms with Crippen molar-refractivity contribution in [3.63, 3.8) is 0 Å². The first-order valence-electron chi connectivity index (χ1n) is 11.8. The summed E-state index contributed by atoms with van der Waals surface area (Å²) < 4.78 is 26.8. The Morgan fingerprint density at radius 1 is 1.07 bits per heavy atom. The molecule has 0 radical (unpaired) electrons. The zero-order valence-electron chi connectivity index (χ0n) is 18.0. The number of halogens is 2. The van der Waals surface area contributed by atoms with Gasteiger partial charge in [0, 0.05) is 0 Å². The molecule has 1 aromatic rings. The second kappa shape index (κ2) is 7.39. The lowest BCUT2D eigenvalue weighted by Gasteiger charge is -2.57. The van der Waals surface area contributed by atoms with Crippen LogP contribution in [0.5, 0.6) is 0 Å². The molecule has 0 aromatic carbocycles. The average molecular weight is 420 g/mol. The van der Waals surface area contributed by atoms with Crippen molar-refractivity contribution in [2.45, 2.75) is 83.3 Å². The van der Waals surface area contributed by atoms with E-state index in [1.807, 2.05) is 0 Å². The van der Waals surface area contributed by atoms with E-state index in [1.54, 1.807) is 17.2 Å². The number of rotatable bonds is 4. The quantitative estimate of drug-likeness (QED) is 0.691. The van der Waals surface area contributed by atoms with Gasteiger partial charge in [0.1, 0.15) is 5.60 Å². The van der Waals surface area contributed by atoms with Crippen LogP contribution < -0.4 is 0 Å². The normalized spacial score (nSPS) is 45.6. The van der Waals surface area contributed by atoms with Gasteiger partial charge in [-0.25, -0.2) is 8.78 Å². The summed E-state index contributed by atoms with van der Waals surface area (Å²) in [4.78, 5) is 1.74. The highest BCUT2D eigenvalue weighted by atomic mass is 19.3. The average Bonchev–Trinajstić information content (AvgIpc) is 3.34.